The molecule has 1 heterocycles. The van der Waals surface area contributed by atoms with Crippen molar-refractivity contribution < 1.29 is 9.63 Å². The van der Waals surface area contributed by atoms with Gasteiger partial charge in [-0.05, 0) is 18.6 Å². The molecular weight excluding hydrogens is 240 g/mol. The van der Waals surface area contributed by atoms with Gasteiger partial charge in [0.15, 0.2) is 0 Å². The second kappa shape index (κ2) is 4.57. The third-order valence-electron chi connectivity index (χ3n) is 2.93. The molecule has 4 nitrogen and oxygen atoms in total. The minimum atomic E-state index is 0.172. The fourth-order valence-corrected chi connectivity index (χ4v) is 1.87. The maximum Gasteiger partial charge on any atom is 0.262 e. The van der Waals surface area contributed by atoms with Gasteiger partial charge >= 0.3 is 0 Å². The molecule has 94 valence electrons. The first-order valence-corrected chi connectivity index (χ1v) is 5.94. The second-order valence-electron chi connectivity index (χ2n) is 4.26. The molecule has 0 saturated carbocycles. The second-order valence-corrected chi connectivity index (χ2v) is 4.26. The van der Waals surface area contributed by atoms with Crippen LogP contribution in [0.25, 0.3) is 22.8 Å². The van der Waals surface area contributed by atoms with Crippen LogP contribution in [0.5, 0.6) is 5.75 Å². The third kappa shape index (κ3) is 2.08. The first kappa shape index (κ1) is 11.5. The van der Waals surface area contributed by atoms with E-state index in [-0.39, 0.29) is 5.75 Å². The lowest BCUT2D eigenvalue weighted by Gasteiger charge is -2.01. The maximum atomic E-state index is 10.0. The first-order valence-electron chi connectivity index (χ1n) is 5.94. The van der Waals surface area contributed by atoms with Crippen molar-refractivity contribution in [1.82, 2.24) is 10.1 Å². The third-order valence-corrected chi connectivity index (χ3v) is 2.93. The van der Waals surface area contributed by atoms with Crippen molar-refractivity contribution in [3.8, 4) is 28.6 Å². The number of aryl methyl sites for hydroxylation is 1. The van der Waals surface area contributed by atoms with E-state index in [1.807, 2.05) is 49.4 Å². The number of hydrogen-bond acceptors (Lipinski definition) is 4. The normalized spacial score (nSPS) is 10.6. The Balaban J connectivity index is 2.05. The van der Waals surface area contributed by atoms with Crippen LogP contribution in [0.1, 0.15) is 5.56 Å². The Bertz CT molecular complexity index is 705. The van der Waals surface area contributed by atoms with Crippen LogP contribution >= 0.6 is 0 Å². The van der Waals surface area contributed by atoms with E-state index in [4.69, 9.17) is 4.52 Å². The van der Waals surface area contributed by atoms with Gasteiger partial charge in [0.25, 0.3) is 5.89 Å². The molecule has 4 heteroatoms. The topological polar surface area (TPSA) is 59.2 Å². The number of rotatable bonds is 2. The molecule has 0 amide bonds. The highest BCUT2D eigenvalue weighted by Gasteiger charge is 2.14. The first-order chi connectivity index (χ1) is 9.25. The van der Waals surface area contributed by atoms with Crippen LogP contribution in [0.2, 0.25) is 0 Å². The van der Waals surface area contributed by atoms with E-state index in [2.05, 4.69) is 10.1 Å². The summed E-state index contributed by atoms with van der Waals surface area (Å²) in [4.78, 5) is 4.31. The Labute approximate surface area is 110 Å². The Morgan fingerprint density at radius 1 is 1.00 bits per heavy atom. The van der Waals surface area contributed by atoms with Gasteiger partial charge in [-0.2, -0.15) is 4.98 Å². The average Bonchev–Trinajstić information content (AvgIpc) is 2.92. The summed E-state index contributed by atoms with van der Waals surface area (Å²) in [5.41, 5.74) is 2.20. The molecule has 19 heavy (non-hydrogen) atoms. The smallest absolute Gasteiger partial charge is 0.262 e. The summed E-state index contributed by atoms with van der Waals surface area (Å²) in [5, 5.41) is 13.9. The average molecular weight is 252 g/mol. The van der Waals surface area contributed by atoms with Gasteiger partial charge in [-0.25, -0.2) is 0 Å². The Morgan fingerprint density at radius 3 is 2.58 bits per heavy atom. The van der Waals surface area contributed by atoms with Gasteiger partial charge in [0, 0.05) is 5.56 Å². The zero-order valence-corrected chi connectivity index (χ0v) is 10.4. The number of hydrogen-bond donors (Lipinski definition) is 1. The van der Waals surface area contributed by atoms with Gasteiger partial charge in [-0.1, -0.05) is 47.6 Å². The molecule has 0 saturated heterocycles. The number of benzene rings is 2. The van der Waals surface area contributed by atoms with E-state index < -0.39 is 0 Å². The van der Waals surface area contributed by atoms with E-state index in [0.717, 1.165) is 11.1 Å². The van der Waals surface area contributed by atoms with Crippen LogP contribution in [0.15, 0.2) is 53.1 Å². The predicted octanol–water partition coefficient (Wildman–Crippen LogP) is 3.42. The summed E-state index contributed by atoms with van der Waals surface area (Å²) in [7, 11) is 0. The van der Waals surface area contributed by atoms with Crippen molar-refractivity contribution in [2.75, 3.05) is 0 Å². The summed E-state index contributed by atoms with van der Waals surface area (Å²) in [6, 6.07) is 15.0. The van der Waals surface area contributed by atoms with Crippen molar-refractivity contribution in [2.24, 2.45) is 0 Å². The molecule has 0 fully saturated rings. The summed E-state index contributed by atoms with van der Waals surface area (Å²) in [5.74, 6) is 1.00. The number of phenols is 1. The van der Waals surface area contributed by atoms with Crippen LogP contribution in [0.4, 0.5) is 0 Å². The minimum absolute atomic E-state index is 0.172. The molecule has 0 aliphatic heterocycles. The summed E-state index contributed by atoms with van der Waals surface area (Å²) in [6.45, 7) is 1.83. The van der Waals surface area contributed by atoms with Crippen LogP contribution in [0.3, 0.4) is 0 Å². The largest absolute Gasteiger partial charge is 0.507 e. The highest BCUT2D eigenvalue weighted by molar-refractivity contribution is 5.66. The van der Waals surface area contributed by atoms with E-state index in [1.165, 1.54) is 0 Å². The lowest BCUT2D eigenvalue weighted by atomic mass is 10.1. The van der Waals surface area contributed by atoms with E-state index in [9.17, 15) is 5.11 Å². The highest BCUT2D eigenvalue weighted by atomic mass is 16.5. The molecule has 3 aromatic rings. The van der Waals surface area contributed by atoms with Crippen molar-refractivity contribution in [3.63, 3.8) is 0 Å². The van der Waals surface area contributed by atoms with Crippen molar-refractivity contribution in [3.05, 3.63) is 54.1 Å². The van der Waals surface area contributed by atoms with Crippen LogP contribution in [-0.2, 0) is 0 Å². The fourth-order valence-electron chi connectivity index (χ4n) is 1.87. The van der Waals surface area contributed by atoms with Crippen molar-refractivity contribution in [2.45, 2.75) is 6.92 Å². The van der Waals surface area contributed by atoms with Crippen molar-refractivity contribution >= 4 is 0 Å². The number of nitrogens with zero attached hydrogens (tertiary/aromatic N) is 2. The molecule has 0 atom stereocenters. The maximum absolute atomic E-state index is 10.0. The Hall–Kier alpha value is -2.62. The quantitative estimate of drug-likeness (QED) is 0.759. The molecule has 3 rings (SSSR count). The molecule has 0 unspecified atom stereocenters. The summed E-state index contributed by atoms with van der Waals surface area (Å²) < 4.78 is 5.22. The van der Waals surface area contributed by atoms with E-state index >= 15 is 0 Å². The van der Waals surface area contributed by atoms with E-state index in [0.29, 0.717) is 17.3 Å². The highest BCUT2D eigenvalue weighted by Crippen LogP contribution is 2.31. The number of phenolic OH excluding ortho intramolecular Hbond substituents is 1. The molecule has 0 bridgehead atoms. The number of aromatic hydroxyl groups is 1. The van der Waals surface area contributed by atoms with Gasteiger partial charge in [-0.3, -0.25) is 0 Å². The molecule has 1 aromatic heterocycles. The standard InChI is InChI=1S/C15H12N2O2/c1-10-6-5-9-12(13(10)18)15-16-14(17-19-15)11-7-3-2-4-8-11/h2-9,18H,1H3. The minimum Gasteiger partial charge on any atom is -0.507 e. The van der Waals surface area contributed by atoms with Crippen LogP contribution in [-0.4, -0.2) is 15.2 Å². The lowest BCUT2D eigenvalue weighted by molar-refractivity contribution is 0.425. The van der Waals surface area contributed by atoms with Gasteiger partial charge < -0.3 is 9.63 Å². The van der Waals surface area contributed by atoms with Gasteiger partial charge in [0.05, 0.1) is 5.56 Å². The molecule has 0 radical (unpaired) electrons. The van der Waals surface area contributed by atoms with Crippen LogP contribution < -0.4 is 0 Å². The molecule has 0 aliphatic carbocycles. The zero-order valence-electron chi connectivity index (χ0n) is 10.4. The molecular formula is C15H12N2O2. The number of para-hydroxylation sites is 1. The lowest BCUT2D eigenvalue weighted by Crippen LogP contribution is -1.83. The molecule has 0 aliphatic rings. The monoisotopic (exact) mass is 252 g/mol. The summed E-state index contributed by atoms with van der Waals surface area (Å²) >= 11 is 0. The Morgan fingerprint density at radius 2 is 1.79 bits per heavy atom. The number of aromatic nitrogens is 2. The molecule has 1 N–H and O–H groups in total. The molecule has 0 spiro atoms. The van der Waals surface area contributed by atoms with Crippen LogP contribution in [0, 0.1) is 6.92 Å². The molecule has 2 aromatic carbocycles. The van der Waals surface area contributed by atoms with E-state index in [1.54, 1.807) is 6.07 Å². The zero-order chi connectivity index (χ0) is 13.2. The van der Waals surface area contributed by atoms with Gasteiger partial charge in [0.2, 0.25) is 5.82 Å². The van der Waals surface area contributed by atoms with Crippen molar-refractivity contribution in [1.29, 1.82) is 0 Å². The van der Waals surface area contributed by atoms with Gasteiger partial charge in [0.1, 0.15) is 5.75 Å². The Kier molecular flexibility index (Phi) is 2.76. The SMILES string of the molecule is Cc1cccc(-c2nc(-c3ccccc3)no2)c1O. The predicted molar refractivity (Wildman–Crippen MR) is 71.6 cm³/mol. The fraction of sp³-hybridized carbons (Fsp3) is 0.0667. The summed E-state index contributed by atoms with van der Waals surface area (Å²) in [6.07, 6.45) is 0. The van der Waals surface area contributed by atoms with Gasteiger partial charge in [-0.15, -0.1) is 0 Å².